The Kier molecular flexibility index (Phi) is 5.56. The summed E-state index contributed by atoms with van der Waals surface area (Å²) >= 11 is 5.97. The molecule has 0 amide bonds. The van der Waals surface area contributed by atoms with E-state index in [9.17, 15) is 5.11 Å². The van der Waals surface area contributed by atoms with Crippen LogP contribution in [0.25, 0.3) is 11.4 Å². The van der Waals surface area contributed by atoms with Gasteiger partial charge in [-0.25, -0.2) is 9.97 Å². The normalized spacial score (nSPS) is 13.8. The maximum atomic E-state index is 9.85. The minimum absolute atomic E-state index is 0.120. The molecule has 1 aromatic heterocycles. The number of aromatic nitrogens is 2. The Balaban J connectivity index is 1.55. The highest BCUT2D eigenvalue weighted by molar-refractivity contribution is 6.30. The highest BCUT2D eigenvalue weighted by atomic mass is 35.5. The first kappa shape index (κ1) is 19.5. The van der Waals surface area contributed by atoms with Crippen LogP contribution in [0.15, 0.2) is 42.6 Å². The SMILES string of the molecule is COc1cc(O)cc(OC)c1CN1CCc2nc(-c3ccc(Cl)cc3)ncc2C1. The molecule has 1 aliphatic rings. The third-order valence-electron chi connectivity index (χ3n) is 5.09. The lowest BCUT2D eigenvalue weighted by Crippen LogP contribution is -2.31. The monoisotopic (exact) mass is 411 g/mol. The minimum Gasteiger partial charge on any atom is -0.508 e. The summed E-state index contributed by atoms with van der Waals surface area (Å²) < 4.78 is 10.9. The lowest BCUT2D eigenvalue weighted by Gasteiger charge is -2.29. The molecular formula is C22H22ClN3O3. The van der Waals surface area contributed by atoms with Crippen molar-refractivity contribution in [3.8, 4) is 28.6 Å². The summed E-state index contributed by atoms with van der Waals surface area (Å²) in [7, 11) is 3.19. The van der Waals surface area contributed by atoms with E-state index in [-0.39, 0.29) is 5.75 Å². The molecule has 0 spiro atoms. The predicted octanol–water partition coefficient (Wildman–Crippen LogP) is 4.08. The maximum absolute atomic E-state index is 9.85. The third kappa shape index (κ3) is 4.13. The molecule has 3 aromatic rings. The number of aromatic hydroxyl groups is 1. The van der Waals surface area contributed by atoms with Crippen molar-refractivity contribution in [2.45, 2.75) is 19.5 Å². The first-order valence-corrected chi connectivity index (χ1v) is 9.72. The van der Waals surface area contributed by atoms with Gasteiger partial charge >= 0.3 is 0 Å². The van der Waals surface area contributed by atoms with Crippen LogP contribution >= 0.6 is 11.6 Å². The summed E-state index contributed by atoms with van der Waals surface area (Å²) in [6, 6.07) is 10.8. The van der Waals surface area contributed by atoms with Gasteiger partial charge in [0.1, 0.15) is 17.2 Å². The Bertz CT molecular complexity index is 999. The van der Waals surface area contributed by atoms with Crippen LogP contribution in [0.4, 0.5) is 0 Å². The Morgan fingerprint density at radius 1 is 1.10 bits per heavy atom. The summed E-state index contributed by atoms with van der Waals surface area (Å²) in [4.78, 5) is 11.6. The van der Waals surface area contributed by atoms with Gasteiger partial charge < -0.3 is 14.6 Å². The largest absolute Gasteiger partial charge is 0.508 e. The Morgan fingerprint density at radius 3 is 2.45 bits per heavy atom. The predicted molar refractivity (Wildman–Crippen MR) is 112 cm³/mol. The van der Waals surface area contributed by atoms with Crippen molar-refractivity contribution in [3.05, 3.63) is 64.4 Å². The van der Waals surface area contributed by atoms with Crippen molar-refractivity contribution >= 4 is 11.6 Å². The van der Waals surface area contributed by atoms with Crippen molar-refractivity contribution in [2.75, 3.05) is 20.8 Å². The number of phenols is 1. The summed E-state index contributed by atoms with van der Waals surface area (Å²) in [6.45, 7) is 2.24. The number of fused-ring (bicyclic) bond motifs is 1. The van der Waals surface area contributed by atoms with Gasteiger partial charge in [-0.1, -0.05) is 11.6 Å². The number of hydrogen-bond donors (Lipinski definition) is 1. The molecule has 0 saturated heterocycles. The van der Waals surface area contributed by atoms with Gasteiger partial charge in [0, 0.05) is 60.5 Å². The van der Waals surface area contributed by atoms with Gasteiger partial charge in [0.25, 0.3) is 0 Å². The zero-order chi connectivity index (χ0) is 20.4. The summed E-state index contributed by atoms with van der Waals surface area (Å²) in [5.74, 6) is 2.06. The Hall–Kier alpha value is -2.83. The number of hydrogen-bond acceptors (Lipinski definition) is 6. The fourth-order valence-corrected chi connectivity index (χ4v) is 3.72. The molecular weight excluding hydrogens is 390 g/mol. The second-order valence-electron chi connectivity index (χ2n) is 6.96. The van der Waals surface area contributed by atoms with Gasteiger partial charge in [0.05, 0.1) is 25.5 Å². The number of phenolic OH excluding ortho intramolecular Hbond substituents is 1. The smallest absolute Gasteiger partial charge is 0.159 e. The molecule has 1 aliphatic heterocycles. The number of halogens is 1. The molecule has 2 heterocycles. The molecule has 150 valence electrons. The molecule has 1 N–H and O–H groups in total. The lowest BCUT2D eigenvalue weighted by molar-refractivity contribution is 0.234. The second-order valence-corrected chi connectivity index (χ2v) is 7.40. The first-order valence-electron chi connectivity index (χ1n) is 9.34. The molecule has 6 nitrogen and oxygen atoms in total. The summed E-state index contributed by atoms with van der Waals surface area (Å²) in [5, 5.41) is 10.6. The third-order valence-corrected chi connectivity index (χ3v) is 5.34. The molecule has 2 aromatic carbocycles. The van der Waals surface area contributed by atoms with E-state index in [1.165, 1.54) is 0 Å². The molecule has 29 heavy (non-hydrogen) atoms. The maximum Gasteiger partial charge on any atom is 0.159 e. The van der Waals surface area contributed by atoms with E-state index in [1.807, 2.05) is 30.5 Å². The van der Waals surface area contributed by atoms with E-state index >= 15 is 0 Å². The van der Waals surface area contributed by atoms with E-state index in [0.717, 1.165) is 47.7 Å². The quantitative estimate of drug-likeness (QED) is 0.682. The fraction of sp³-hybridized carbons (Fsp3) is 0.273. The van der Waals surface area contributed by atoms with Gasteiger partial charge in [-0.2, -0.15) is 0 Å². The summed E-state index contributed by atoms with van der Waals surface area (Å²) in [6.07, 6.45) is 2.74. The molecule has 0 radical (unpaired) electrons. The van der Waals surface area contributed by atoms with Crippen LogP contribution in [-0.4, -0.2) is 40.7 Å². The van der Waals surface area contributed by atoms with Gasteiger partial charge in [-0.05, 0) is 24.3 Å². The minimum atomic E-state index is 0.120. The molecule has 0 bridgehead atoms. The van der Waals surface area contributed by atoms with E-state index in [0.29, 0.717) is 23.1 Å². The average molecular weight is 412 g/mol. The molecule has 0 unspecified atom stereocenters. The Labute approximate surface area is 174 Å². The molecule has 0 fully saturated rings. The van der Waals surface area contributed by atoms with Crippen LogP contribution in [0.5, 0.6) is 17.2 Å². The van der Waals surface area contributed by atoms with Crippen molar-refractivity contribution in [1.82, 2.24) is 14.9 Å². The van der Waals surface area contributed by atoms with Crippen molar-refractivity contribution < 1.29 is 14.6 Å². The molecule has 0 saturated carbocycles. The van der Waals surface area contributed by atoms with Crippen LogP contribution in [0, 0.1) is 0 Å². The molecule has 0 aliphatic carbocycles. The van der Waals surface area contributed by atoms with Gasteiger partial charge in [-0.3, -0.25) is 4.90 Å². The number of ether oxygens (including phenoxy) is 2. The van der Waals surface area contributed by atoms with Crippen LogP contribution < -0.4 is 9.47 Å². The topological polar surface area (TPSA) is 67.7 Å². The van der Waals surface area contributed by atoms with E-state index in [1.54, 1.807) is 26.4 Å². The Morgan fingerprint density at radius 2 is 1.79 bits per heavy atom. The number of rotatable bonds is 5. The van der Waals surface area contributed by atoms with Crippen LogP contribution in [0.1, 0.15) is 16.8 Å². The average Bonchev–Trinajstić information content (AvgIpc) is 2.74. The van der Waals surface area contributed by atoms with E-state index in [4.69, 9.17) is 26.1 Å². The standard InChI is InChI=1S/C22H22ClN3O3/c1-28-20-9-17(27)10-21(29-2)18(20)13-26-8-7-19-15(12-26)11-24-22(25-19)14-3-5-16(23)6-4-14/h3-6,9-11,27H,7-8,12-13H2,1-2H3. The number of nitrogens with zero attached hydrogens (tertiary/aromatic N) is 3. The summed E-state index contributed by atoms with van der Waals surface area (Å²) in [5.41, 5.74) is 4.06. The van der Waals surface area contributed by atoms with Gasteiger partial charge in [0.2, 0.25) is 0 Å². The van der Waals surface area contributed by atoms with E-state index in [2.05, 4.69) is 9.88 Å². The van der Waals surface area contributed by atoms with Crippen LogP contribution in [-0.2, 0) is 19.5 Å². The fourth-order valence-electron chi connectivity index (χ4n) is 3.60. The van der Waals surface area contributed by atoms with Crippen molar-refractivity contribution in [3.63, 3.8) is 0 Å². The molecule has 4 rings (SSSR count). The zero-order valence-corrected chi connectivity index (χ0v) is 17.1. The highest BCUT2D eigenvalue weighted by Gasteiger charge is 2.22. The van der Waals surface area contributed by atoms with Crippen LogP contribution in [0.2, 0.25) is 5.02 Å². The van der Waals surface area contributed by atoms with Crippen molar-refractivity contribution in [1.29, 1.82) is 0 Å². The molecule has 7 heteroatoms. The van der Waals surface area contributed by atoms with Gasteiger partial charge in [-0.15, -0.1) is 0 Å². The van der Waals surface area contributed by atoms with E-state index < -0.39 is 0 Å². The second kappa shape index (κ2) is 8.27. The van der Waals surface area contributed by atoms with Crippen molar-refractivity contribution in [2.24, 2.45) is 0 Å². The number of methoxy groups -OCH3 is 2. The van der Waals surface area contributed by atoms with Crippen LogP contribution in [0.3, 0.4) is 0 Å². The highest BCUT2D eigenvalue weighted by Crippen LogP contribution is 2.35. The number of benzene rings is 2. The molecule has 0 atom stereocenters. The lowest BCUT2D eigenvalue weighted by atomic mass is 10.0. The zero-order valence-electron chi connectivity index (χ0n) is 16.4. The first-order chi connectivity index (χ1) is 14.1. The van der Waals surface area contributed by atoms with Gasteiger partial charge in [0.15, 0.2) is 5.82 Å².